The minimum absolute atomic E-state index is 0.896. The van der Waals surface area contributed by atoms with Gasteiger partial charge in [-0.05, 0) is 41.3 Å². The molecule has 0 saturated heterocycles. The number of nitrogens with one attached hydrogen (secondary N) is 1. The van der Waals surface area contributed by atoms with Gasteiger partial charge in [0.2, 0.25) is 0 Å². The summed E-state index contributed by atoms with van der Waals surface area (Å²) in [6.07, 6.45) is 7.62. The fraction of sp³-hybridized carbons (Fsp3) is 0.185. The summed E-state index contributed by atoms with van der Waals surface area (Å²) < 4.78 is 5.30. The summed E-state index contributed by atoms with van der Waals surface area (Å²) in [4.78, 5) is 5.88. The first-order valence-corrected chi connectivity index (χ1v) is 10.4. The molecule has 1 N–H and O–H groups in total. The van der Waals surface area contributed by atoms with Gasteiger partial charge in [0.25, 0.3) is 0 Å². The van der Waals surface area contributed by atoms with Crippen molar-refractivity contribution < 1.29 is 4.74 Å². The molecule has 1 heterocycles. The van der Waals surface area contributed by atoms with Gasteiger partial charge in [-0.3, -0.25) is 4.90 Å². The van der Waals surface area contributed by atoms with E-state index in [4.69, 9.17) is 4.74 Å². The van der Waals surface area contributed by atoms with E-state index in [0.717, 1.165) is 31.8 Å². The van der Waals surface area contributed by atoms with E-state index < -0.39 is 0 Å². The number of ether oxygens (including phenoxy) is 1. The van der Waals surface area contributed by atoms with Crippen molar-refractivity contribution in [2.45, 2.75) is 13.0 Å². The molecular weight excluding hydrogens is 368 g/mol. The third kappa shape index (κ3) is 5.19. The van der Waals surface area contributed by atoms with Crippen LogP contribution in [0.1, 0.15) is 16.7 Å². The van der Waals surface area contributed by atoms with Crippen LogP contribution in [0.15, 0.2) is 91.1 Å². The highest BCUT2D eigenvalue weighted by atomic mass is 16.5. The topological polar surface area (TPSA) is 28.3 Å². The van der Waals surface area contributed by atoms with E-state index in [2.05, 4.69) is 95.0 Å². The van der Waals surface area contributed by atoms with Gasteiger partial charge in [0.05, 0.1) is 7.11 Å². The van der Waals surface area contributed by atoms with Crippen molar-refractivity contribution in [3.63, 3.8) is 0 Å². The predicted molar refractivity (Wildman–Crippen MR) is 126 cm³/mol. The number of fused-ring (bicyclic) bond motifs is 1. The third-order valence-corrected chi connectivity index (χ3v) is 5.41. The van der Waals surface area contributed by atoms with Crippen LogP contribution in [0.4, 0.5) is 0 Å². The van der Waals surface area contributed by atoms with Crippen LogP contribution in [-0.4, -0.2) is 30.1 Å². The molecule has 0 aliphatic rings. The lowest BCUT2D eigenvalue weighted by molar-refractivity contribution is 0.299. The molecule has 1 aromatic heterocycles. The average Bonchev–Trinajstić information content (AvgIpc) is 3.22. The maximum atomic E-state index is 5.30. The van der Waals surface area contributed by atoms with Crippen molar-refractivity contribution in [1.29, 1.82) is 0 Å². The molecule has 4 rings (SSSR count). The van der Waals surface area contributed by atoms with Gasteiger partial charge in [-0.25, -0.2) is 0 Å². The molecule has 0 fully saturated rings. The Labute approximate surface area is 178 Å². The van der Waals surface area contributed by atoms with Crippen LogP contribution in [-0.2, 0) is 13.0 Å². The van der Waals surface area contributed by atoms with Gasteiger partial charge in [-0.1, -0.05) is 72.8 Å². The standard InChI is InChI=1S/C27H28N2O/c1-30-25-15-13-23(14-16-25)21-29(18-7-10-22-8-3-2-4-9-22)19-17-24-20-28-27-12-6-5-11-26(24)27/h2-16,20,28H,17-19,21H2,1H3/b10-7+. The number of nitrogens with zero attached hydrogens (tertiary/aromatic N) is 1. The second-order valence-electron chi connectivity index (χ2n) is 7.51. The maximum absolute atomic E-state index is 5.30. The fourth-order valence-corrected chi connectivity index (χ4v) is 3.74. The van der Waals surface area contributed by atoms with Crippen LogP contribution in [0.2, 0.25) is 0 Å². The highest BCUT2D eigenvalue weighted by Crippen LogP contribution is 2.19. The largest absolute Gasteiger partial charge is 0.497 e. The van der Waals surface area contributed by atoms with E-state index in [9.17, 15) is 0 Å². The van der Waals surface area contributed by atoms with Crippen molar-refractivity contribution in [3.05, 3.63) is 108 Å². The van der Waals surface area contributed by atoms with Gasteiger partial charge in [0.1, 0.15) is 5.75 Å². The number of para-hydroxylation sites is 1. The number of H-pyrrole nitrogens is 1. The molecule has 0 saturated carbocycles. The molecule has 0 amide bonds. The Hall–Kier alpha value is -3.30. The summed E-state index contributed by atoms with van der Waals surface area (Å²) in [5.74, 6) is 0.896. The first kappa shape index (κ1) is 20.0. The molecule has 0 aliphatic carbocycles. The minimum Gasteiger partial charge on any atom is -0.497 e. The SMILES string of the molecule is COc1ccc(CN(C/C=C/c2ccccc2)CCc2c[nH]c3ccccc23)cc1. The smallest absolute Gasteiger partial charge is 0.118 e. The highest BCUT2D eigenvalue weighted by Gasteiger charge is 2.08. The van der Waals surface area contributed by atoms with E-state index in [1.807, 2.05) is 12.1 Å². The second-order valence-corrected chi connectivity index (χ2v) is 7.51. The van der Waals surface area contributed by atoms with E-state index in [0.29, 0.717) is 0 Å². The summed E-state index contributed by atoms with van der Waals surface area (Å²) in [6.45, 7) is 2.81. The monoisotopic (exact) mass is 396 g/mol. The zero-order valence-electron chi connectivity index (χ0n) is 17.4. The Bertz CT molecular complexity index is 1080. The number of aromatic amines is 1. The van der Waals surface area contributed by atoms with Gasteiger partial charge >= 0.3 is 0 Å². The lowest BCUT2D eigenvalue weighted by Gasteiger charge is -2.21. The van der Waals surface area contributed by atoms with Crippen LogP contribution < -0.4 is 4.74 Å². The molecular formula is C27H28N2O. The number of benzene rings is 3. The van der Waals surface area contributed by atoms with Crippen LogP contribution >= 0.6 is 0 Å². The molecule has 0 unspecified atom stereocenters. The predicted octanol–water partition coefficient (Wildman–Crippen LogP) is 5.93. The zero-order chi connectivity index (χ0) is 20.6. The molecule has 0 radical (unpaired) electrons. The van der Waals surface area contributed by atoms with E-state index in [1.54, 1.807) is 7.11 Å². The van der Waals surface area contributed by atoms with E-state index >= 15 is 0 Å². The summed E-state index contributed by atoms with van der Waals surface area (Å²) >= 11 is 0. The molecule has 30 heavy (non-hydrogen) atoms. The van der Waals surface area contributed by atoms with E-state index in [-0.39, 0.29) is 0 Å². The van der Waals surface area contributed by atoms with Crippen molar-refractivity contribution in [1.82, 2.24) is 9.88 Å². The lowest BCUT2D eigenvalue weighted by atomic mass is 10.1. The Morgan fingerprint density at radius 1 is 0.900 bits per heavy atom. The van der Waals surface area contributed by atoms with Gasteiger partial charge in [0, 0.05) is 36.7 Å². The molecule has 0 bridgehead atoms. The molecule has 0 aliphatic heterocycles. The van der Waals surface area contributed by atoms with Crippen LogP contribution in [0.5, 0.6) is 5.75 Å². The van der Waals surface area contributed by atoms with Crippen molar-refractivity contribution in [2.24, 2.45) is 0 Å². The average molecular weight is 397 g/mol. The second kappa shape index (κ2) is 9.95. The Balaban J connectivity index is 1.46. The maximum Gasteiger partial charge on any atom is 0.118 e. The van der Waals surface area contributed by atoms with Crippen molar-refractivity contribution in [3.8, 4) is 5.75 Å². The summed E-state index contributed by atoms with van der Waals surface area (Å²) in [5.41, 5.74) is 5.11. The van der Waals surface area contributed by atoms with Crippen molar-refractivity contribution in [2.75, 3.05) is 20.2 Å². The number of hydrogen-bond donors (Lipinski definition) is 1. The Kier molecular flexibility index (Phi) is 6.63. The summed E-state index contributed by atoms with van der Waals surface area (Å²) in [7, 11) is 1.71. The Morgan fingerprint density at radius 3 is 2.47 bits per heavy atom. The number of hydrogen-bond acceptors (Lipinski definition) is 2. The molecule has 3 aromatic carbocycles. The molecule has 4 aromatic rings. The first-order chi connectivity index (χ1) is 14.8. The number of aromatic nitrogens is 1. The molecule has 0 atom stereocenters. The molecule has 3 heteroatoms. The number of methoxy groups -OCH3 is 1. The first-order valence-electron chi connectivity index (χ1n) is 10.4. The van der Waals surface area contributed by atoms with Crippen molar-refractivity contribution >= 4 is 17.0 Å². The summed E-state index contributed by atoms with van der Waals surface area (Å²) in [5, 5.41) is 1.32. The van der Waals surface area contributed by atoms with Crippen LogP contribution in [0, 0.1) is 0 Å². The lowest BCUT2D eigenvalue weighted by Crippen LogP contribution is -2.26. The number of rotatable bonds is 9. The summed E-state index contributed by atoms with van der Waals surface area (Å²) in [6, 6.07) is 27.4. The minimum atomic E-state index is 0.896. The normalized spacial score (nSPS) is 11.5. The molecule has 3 nitrogen and oxygen atoms in total. The van der Waals surface area contributed by atoms with Gasteiger partial charge in [-0.15, -0.1) is 0 Å². The molecule has 152 valence electrons. The van der Waals surface area contributed by atoms with Gasteiger partial charge < -0.3 is 9.72 Å². The quantitative estimate of drug-likeness (QED) is 0.379. The third-order valence-electron chi connectivity index (χ3n) is 5.41. The van der Waals surface area contributed by atoms with Gasteiger partial charge in [-0.2, -0.15) is 0 Å². The van der Waals surface area contributed by atoms with E-state index in [1.165, 1.54) is 27.6 Å². The fourth-order valence-electron chi connectivity index (χ4n) is 3.74. The zero-order valence-corrected chi connectivity index (χ0v) is 17.4. The van der Waals surface area contributed by atoms with Crippen LogP contribution in [0.3, 0.4) is 0 Å². The Morgan fingerprint density at radius 2 is 1.67 bits per heavy atom. The van der Waals surface area contributed by atoms with Gasteiger partial charge in [0.15, 0.2) is 0 Å². The molecule has 0 spiro atoms. The van der Waals surface area contributed by atoms with Crippen LogP contribution in [0.25, 0.3) is 17.0 Å². The highest BCUT2D eigenvalue weighted by molar-refractivity contribution is 5.83.